The van der Waals surface area contributed by atoms with Gasteiger partial charge in [0, 0.05) is 37.8 Å². The van der Waals surface area contributed by atoms with Crippen LogP contribution in [-0.2, 0) is 0 Å². The average Bonchev–Trinajstić information content (AvgIpc) is 2.74. The first-order chi connectivity index (χ1) is 7.45. The molecule has 2 aromatic heterocycles. The third-order valence-corrected chi connectivity index (χ3v) is 2.67. The van der Waals surface area contributed by atoms with Gasteiger partial charge in [-0.25, -0.2) is 4.98 Å². The van der Waals surface area contributed by atoms with E-state index >= 15 is 0 Å². The van der Waals surface area contributed by atoms with Gasteiger partial charge in [0.2, 0.25) is 0 Å². The number of halogens is 2. The van der Waals surface area contributed by atoms with E-state index in [9.17, 15) is 0 Å². The van der Waals surface area contributed by atoms with Gasteiger partial charge in [-0.05, 0) is 12.1 Å². The van der Waals surface area contributed by atoms with Crippen LogP contribution in [0.3, 0.4) is 0 Å². The van der Waals surface area contributed by atoms with Gasteiger partial charge in [-0.3, -0.25) is 5.01 Å². The van der Waals surface area contributed by atoms with Crippen molar-refractivity contribution in [1.29, 1.82) is 0 Å². The molecule has 0 spiro atoms. The third-order valence-electron chi connectivity index (χ3n) is 2.67. The molecule has 7 heteroatoms. The molecule has 1 N–H and O–H groups in total. The van der Waals surface area contributed by atoms with Crippen LogP contribution in [0.1, 0.15) is 0 Å². The van der Waals surface area contributed by atoms with E-state index in [1.54, 1.807) is 0 Å². The first-order valence-electron chi connectivity index (χ1n) is 5.20. The second-order valence-electron chi connectivity index (χ2n) is 3.65. The molecule has 5 nitrogen and oxygen atoms in total. The molecule has 0 amide bonds. The lowest BCUT2D eigenvalue weighted by Gasteiger charge is -2.28. The Hall–Kier alpha value is -1.04. The molecular formula is C10H15Cl2N5. The minimum atomic E-state index is 0. The van der Waals surface area contributed by atoms with Crippen molar-refractivity contribution in [2.45, 2.75) is 0 Å². The maximum absolute atomic E-state index is 4.37. The fraction of sp³-hybridized carbons (Fsp3) is 0.400. The number of nitrogens with one attached hydrogen (secondary N) is 1. The Balaban J connectivity index is 0.000000722. The fourth-order valence-corrected chi connectivity index (χ4v) is 1.90. The molecule has 94 valence electrons. The largest absolute Gasteiger partial charge is 0.313 e. The van der Waals surface area contributed by atoms with Gasteiger partial charge in [0.15, 0.2) is 5.65 Å². The maximum atomic E-state index is 4.37. The molecule has 0 aromatic carbocycles. The Bertz CT molecular complexity index is 466. The van der Waals surface area contributed by atoms with E-state index < -0.39 is 0 Å². The highest BCUT2D eigenvalue weighted by Crippen LogP contribution is 2.10. The van der Waals surface area contributed by atoms with E-state index in [4.69, 9.17) is 0 Å². The van der Waals surface area contributed by atoms with Gasteiger partial charge >= 0.3 is 0 Å². The number of aromatic nitrogens is 3. The highest BCUT2D eigenvalue weighted by molar-refractivity contribution is 5.85. The van der Waals surface area contributed by atoms with Crippen LogP contribution in [-0.4, -0.2) is 41.1 Å². The van der Waals surface area contributed by atoms with E-state index in [0.29, 0.717) is 0 Å². The standard InChI is InChI=1S/C10H13N5.2ClH/c1-2-9-8-13-15(10(9)12-3-1)14-6-4-11-5-7-14;;/h1-3,8,11H,4-7H2;2*1H. The predicted molar refractivity (Wildman–Crippen MR) is 72.8 cm³/mol. The first-order valence-corrected chi connectivity index (χ1v) is 5.20. The second-order valence-corrected chi connectivity index (χ2v) is 3.65. The summed E-state index contributed by atoms with van der Waals surface area (Å²) >= 11 is 0. The van der Waals surface area contributed by atoms with Gasteiger partial charge in [-0.1, -0.05) is 0 Å². The summed E-state index contributed by atoms with van der Waals surface area (Å²) < 4.78 is 0. The first kappa shape index (κ1) is 14.0. The highest BCUT2D eigenvalue weighted by atomic mass is 35.5. The summed E-state index contributed by atoms with van der Waals surface area (Å²) in [6.45, 7) is 3.98. The topological polar surface area (TPSA) is 46.0 Å². The molecule has 17 heavy (non-hydrogen) atoms. The van der Waals surface area contributed by atoms with Gasteiger partial charge in [-0.2, -0.15) is 9.89 Å². The zero-order chi connectivity index (χ0) is 10.1. The summed E-state index contributed by atoms with van der Waals surface area (Å²) in [6.07, 6.45) is 3.67. The van der Waals surface area contributed by atoms with Gasteiger partial charge in [0.1, 0.15) is 0 Å². The zero-order valence-electron chi connectivity index (χ0n) is 9.24. The van der Waals surface area contributed by atoms with Crippen LogP contribution in [0.15, 0.2) is 24.5 Å². The molecule has 3 rings (SSSR count). The monoisotopic (exact) mass is 275 g/mol. The van der Waals surface area contributed by atoms with Crippen molar-refractivity contribution in [1.82, 2.24) is 20.2 Å². The van der Waals surface area contributed by atoms with E-state index in [-0.39, 0.29) is 24.8 Å². The highest BCUT2D eigenvalue weighted by Gasteiger charge is 2.13. The van der Waals surface area contributed by atoms with Crippen LogP contribution in [0, 0.1) is 0 Å². The number of fused-ring (bicyclic) bond motifs is 1. The van der Waals surface area contributed by atoms with E-state index in [2.05, 4.69) is 20.4 Å². The number of piperazine rings is 1. The minimum absolute atomic E-state index is 0. The van der Waals surface area contributed by atoms with Crippen molar-refractivity contribution in [3.8, 4) is 0 Å². The van der Waals surface area contributed by atoms with Gasteiger partial charge in [-0.15, -0.1) is 24.8 Å². The molecule has 0 bridgehead atoms. The molecule has 0 saturated carbocycles. The molecule has 0 atom stereocenters. The molecule has 2 aromatic rings. The zero-order valence-corrected chi connectivity index (χ0v) is 10.9. The lowest BCUT2D eigenvalue weighted by molar-refractivity contribution is 0.468. The van der Waals surface area contributed by atoms with Crippen molar-refractivity contribution in [2.75, 3.05) is 31.2 Å². The smallest absolute Gasteiger partial charge is 0.180 e. The number of nitrogens with zero attached hydrogens (tertiary/aromatic N) is 4. The normalized spacial score (nSPS) is 15.2. The number of pyridine rings is 1. The number of hydrogen-bond donors (Lipinski definition) is 1. The molecule has 3 heterocycles. The molecule has 1 fully saturated rings. The molecule has 0 unspecified atom stereocenters. The molecular weight excluding hydrogens is 261 g/mol. The summed E-state index contributed by atoms with van der Waals surface area (Å²) in [6, 6.07) is 3.97. The predicted octanol–water partition coefficient (Wildman–Crippen LogP) is 0.816. The van der Waals surface area contributed by atoms with Crippen molar-refractivity contribution in [3.05, 3.63) is 24.5 Å². The van der Waals surface area contributed by atoms with Gasteiger partial charge in [0.25, 0.3) is 0 Å². The molecule has 1 saturated heterocycles. The Morgan fingerprint density at radius 1 is 1.18 bits per heavy atom. The van der Waals surface area contributed by atoms with Crippen LogP contribution in [0.4, 0.5) is 0 Å². The number of hydrogen-bond acceptors (Lipinski definition) is 4. The van der Waals surface area contributed by atoms with Crippen molar-refractivity contribution < 1.29 is 0 Å². The van der Waals surface area contributed by atoms with Crippen molar-refractivity contribution in [3.63, 3.8) is 0 Å². The Morgan fingerprint density at radius 2 is 1.94 bits per heavy atom. The summed E-state index contributed by atoms with van der Waals surface area (Å²) in [4.78, 5) is 6.27. The number of rotatable bonds is 1. The van der Waals surface area contributed by atoms with Crippen LogP contribution in [0.2, 0.25) is 0 Å². The van der Waals surface area contributed by atoms with Crippen LogP contribution >= 0.6 is 24.8 Å². The maximum Gasteiger partial charge on any atom is 0.180 e. The van der Waals surface area contributed by atoms with Crippen molar-refractivity contribution in [2.24, 2.45) is 0 Å². The Labute approximate surface area is 112 Å². The van der Waals surface area contributed by atoms with E-state index in [1.807, 2.05) is 29.3 Å². The van der Waals surface area contributed by atoms with Crippen LogP contribution in [0.5, 0.6) is 0 Å². The Kier molecular flexibility index (Phi) is 4.99. The minimum Gasteiger partial charge on any atom is -0.313 e. The fourth-order valence-electron chi connectivity index (χ4n) is 1.90. The molecule has 1 aliphatic heterocycles. The van der Waals surface area contributed by atoms with Gasteiger partial charge < -0.3 is 5.32 Å². The van der Waals surface area contributed by atoms with Crippen LogP contribution < -0.4 is 10.3 Å². The lowest BCUT2D eigenvalue weighted by atomic mass is 10.4. The van der Waals surface area contributed by atoms with E-state index in [1.165, 1.54) is 0 Å². The van der Waals surface area contributed by atoms with Gasteiger partial charge in [0.05, 0.1) is 6.20 Å². The molecule has 0 aliphatic carbocycles. The summed E-state index contributed by atoms with van der Waals surface area (Å²) in [5.41, 5.74) is 0.944. The Morgan fingerprint density at radius 3 is 2.71 bits per heavy atom. The summed E-state index contributed by atoms with van der Waals surface area (Å²) in [5, 5.41) is 11.0. The third kappa shape index (κ3) is 2.62. The molecule has 1 aliphatic rings. The van der Waals surface area contributed by atoms with Crippen LogP contribution in [0.25, 0.3) is 11.0 Å². The molecule has 0 radical (unpaired) electrons. The van der Waals surface area contributed by atoms with E-state index in [0.717, 1.165) is 37.2 Å². The average molecular weight is 276 g/mol. The second kappa shape index (κ2) is 6.05. The SMILES string of the molecule is Cl.Cl.c1cnc2c(c1)cnn2N1CCNCC1. The lowest BCUT2D eigenvalue weighted by Crippen LogP contribution is -2.49. The summed E-state index contributed by atoms with van der Waals surface area (Å²) in [7, 11) is 0. The quantitative estimate of drug-likeness (QED) is 0.837. The van der Waals surface area contributed by atoms with Crippen molar-refractivity contribution >= 4 is 35.8 Å². The summed E-state index contributed by atoms with van der Waals surface area (Å²) in [5.74, 6) is 0.